The van der Waals surface area contributed by atoms with Crippen molar-refractivity contribution < 1.29 is 23.1 Å². The van der Waals surface area contributed by atoms with E-state index in [1.54, 1.807) is 36.5 Å². The van der Waals surface area contributed by atoms with E-state index in [9.17, 15) is 14.0 Å². The van der Waals surface area contributed by atoms with Gasteiger partial charge >= 0.3 is 0 Å². The summed E-state index contributed by atoms with van der Waals surface area (Å²) in [6.45, 7) is 5.81. The number of hydrogen-bond donors (Lipinski definition) is 0. The van der Waals surface area contributed by atoms with Gasteiger partial charge in [-0.15, -0.1) is 0 Å². The molecule has 0 spiro atoms. The van der Waals surface area contributed by atoms with Gasteiger partial charge in [-0.2, -0.15) is 0 Å². The maximum Gasteiger partial charge on any atom is 0.296 e. The standard InChI is InChI=1S/C27H21FN2O5/c1-4-11-34-20-8-6-16(12-21(20)33-3)24-23-25(31)18-13-17(28)7-9-19(18)35-26(23)27(32)30(24)22-10-5-15(2)14-29-22/h4-10,12-14,24H,1,11H2,2-3H3. The molecular weight excluding hydrogens is 451 g/mol. The summed E-state index contributed by atoms with van der Waals surface area (Å²) in [6, 6.07) is 11.4. The van der Waals surface area contributed by atoms with Gasteiger partial charge in [0.05, 0.1) is 24.1 Å². The first kappa shape index (κ1) is 22.3. The molecule has 0 radical (unpaired) electrons. The molecule has 5 rings (SSSR count). The van der Waals surface area contributed by atoms with Crippen molar-refractivity contribution in [1.29, 1.82) is 0 Å². The fraction of sp³-hybridized carbons (Fsp3) is 0.148. The smallest absolute Gasteiger partial charge is 0.296 e. The molecule has 1 atom stereocenters. The van der Waals surface area contributed by atoms with Gasteiger partial charge in [-0.25, -0.2) is 9.37 Å². The number of rotatable bonds is 6. The van der Waals surface area contributed by atoms with Crippen molar-refractivity contribution in [2.24, 2.45) is 0 Å². The Morgan fingerprint density at radius 3 is 2.69 bits per heavy atom. The highest BCUT2D eigenvalue weighted by Crippen LogP contribution is 2.42. The number of carbonyl (C=O) groups excluding carboxylic acids is 1. The monoisotopic (exact) mass is 472 g/mol. The molecular formula is C27H21FN2O5. The number of anilines is 1. The maximum atomic E-state index is 14.0. The highest BCUT2D eigenvalue weighted by atomic mass is 19.1. The predicted octanol–water partition coefficient (Wildman–Crippen LogP) is 4.96. The topological polar surface area (TPSA) is 81.9 Å². The summed E-state index contributed by atoms with van der Waals surface area (Å²) in [5.41, 5.74) is 1.24. The van der Waals surface area contributed by atoms with Crippen LogP contribution in [0.25, 0.3) is 11.0 Å². The first-order chi connectivity index (χ1) is 16.9. The second-order valence-corrected chi connectivity index (χ2v) is 8.10. The summed E-state index contributed by atoms with van der Waals surface area (Å²) < 4.78 is 31.0. The zero-order valence-electron chi connectivity index (χ0n) is 19.1. The highest BCUT2D eigenvalue weighted by Gasteiger charge is 2.44. The Bertz CT molecular complexity index is 1530. The molecule has 0 bridgehead atoms. The number of ether oxygens (including phenoxy) is 2. The molecule has 35 heavy (non-hydrogen) atoms. The average molecular weight is 472 g/mol. The van der Waals surface area contributed by atoms with Crippen molar-refractivity contribution in [2.75, 3.05) is 18.6 Å². The van der Waals surface area contributed by atoms with Crippen LogP contribution >= 0.6 is 0 Å². The Kier molecular flexibility index (Phi) is 5.56. The molecule has 2 aromatic heterocycles. The van der Waals surface area contributed by atoms with Crippen molar-refractivity contribution in [3.05, 3.63) is 106 Å². The Hall–Kier alpha value is -4.46. The number of fused-ring (bicyclic) bond motifs is 2. The third kappa shape index (κ3) is 3.73. The first-order valence-electron chi connectivity index (χ1n) is 10.9. The molecule has 4 aromatic rings. The Morgan fingerprint density at radius 1 is 1.14 bits per heavy atom. The quantitative estimate of drug-likeness (QED) is 0.369. The van der Waals surface area contributed by atoms with E-state index < -0.39 is 23.2 Å². The predicted molar refractivity (Wildman–Crippen MR) is 129 cm³/mol. The number of aromatic nitrogens is 1. The largest absolute Gasteiger partial charge is 0.493 e. The molecule has 1 aliphatic heterocycles. The van der Waals surface area contributed by atoms with Crippen molar-refractivity contribution in [2.45, 2.75) is 13.0 Å². The summed E-state index contributed by atoms with van der Waals surface area (Å²) in [7, 11) is 1.50. The third-order valence-corrected chi connectivity index (χ3v) is 5.83. The van der Waals surface area contributed by atoms with Crippen LogP contribution in [0.15, 0.2) is 76.6 Å². The molecule has 2 aromatic carbocycles. The lowest BCUT2D eigenvalue weighted by molar-refractivity contribution is 0.0970. The molecule has 1 unspecified atom stereocenters. The van der Waals surface area contributed by atoms with Crippen molar-refractivity contribution in [3.8, 4) is 11.5 Å². The van der Waals surface area contributed by atoms with E-state index in [1.807, 2.05) is 13.0 Å². The molecule has 8 heteroatoms. The Balaban J connectivity index is 1.76. The summed E-state index contributed by atoms with van der Waals surface area (Å²) in [5, 5.41) is 0.0539. The summed E-state index contributed by atoms with van der Waals surface area (Å²) in [4.78, 5) is 33.0. The molecule has 3 heterocycles. The molecule has 7 nitrogen and oxygen atoms in total. The lowest BCUT2D eigenvalue weighted by Crippen LogP contribution is -2.30. The van der Waals surface area contributed by atoms with Crippen LogP contribution in [0.1, 0.15) is 33.3 Å². The summed E-state index contributed by atoms with van der Waals surface area (Å²) in [5.74, 6) is 0.0420. The van der Waals surface area contributed by atoms with Gasteiger partial charge in [0, 0.05) is 6.20 Å². The Labute approximate surface area is 200 Å². The maximum absolute atomic E-state index is 14.0. The molecule has 1 amide bonds. The molecule has 0 N–H and O–H groups in total. The highest BCUT2D eigenvalue weighted by molar-refractivity contribution is 6.10. The molecule has 0 fully saturated rings. The molecule has 1 aliphatic rings. The van der Waals surface area contributed by atoms with Crippen LogP contribution in [0.3, 0.4) is 0 Å². The van der Waals surface area contributed by atoms with Crippen LogP contribution < -0.4 is 19.8 Å². The second kappa shape index (κ2) is 8.72. The van der Waals surface area contributed by atoms with E-state index in [-0.39, 0.29) is 28.9 Å². The first-order valence-corrected chi connectivity index (χ1v) is 10.9. The average Bonchev–Trinajstić information content (AvgIpc) is 3.16. The number of pyridine rings is 1. The fourth-order valence-corrected chi connectivity index (χ4v) is 4.22. The lowest BCUT2D eigenvalue weighted by Gasteiger charge is -2.25. The van der Waals surface area contributed by atoms with Crippen LogP contribution in [0.2, 0.25) is 0 Å². The summed E-state index contributed by atoms with van der Waals surface area (Å²) >= 11 is 0. The van der Waals surface area contributed by atoms with Gasteiger partial charge in [0.15, 0.2) is 16.9 Å². The molecule has 0 saturated carbocycles. The van der Waals surface area contributed by atoms with Crippen LogP contribution in [-0.4, -0.2) is 24.6 Å². The van der Waals surface area contributed by atoms with Gasteiger partial charge in [-0.05, 0) is 54.4 Å². The second-order valence-electron chi connectivity index (χ2n) is 8.10. The van der Waals surface area contributed by atoms with E-state index in [1.165, 1.54) is 24.1 Å². The number of halogens is 1. The van der Waals surface area contributed by atoms with E-state index >= 15 is 0 Å². The van der Waals surface area contributed by atoms with E-state index in [0.29, 0.717) is 22.9 Å². The van der Waals surface area contributed by atoms with E-state index in [0.717, 1.165) is 11.6 Å². The van der Waals surface area contributed by atoms with Gasteiger partial charge in [0.25, 0.3) is 5.91 Å². The van der Waals surface area contributed by atoms with Crippen LogP contribution in [0.5, 0.6) is 11.5 Å². The van der Waals surface area contributed by atoms with Crippen LogP contribution in [0, 0.1) is 12.7 Å². The minimum absolute atomic E-state index is 0.0539. The van der Waals surface area contributed by atoms with E-state index in [4.69, 9.17) is 13.9 Å². The third-order valence-electron chi connectivity index (χ3n) is 5.83. The van der Waals surface area contributed by atoms with Crippen molar-refractivity contribution >= 4 is 22.7 Å². The van der Waals surface area contributed by atoms with E-state index in [2.05, 4.69) is 11.6 Å². The van der Waals surface area contributed by atoms with Crippen LogP contribution in [0.4, 0.5) is 10.2 Å². The minimum atomic E-state index is -0.876. The molecule has 0 aliphatic carbocycles. The number of amides is 1. The van der Waals surface area contributed by atoms with Crippen molar-refractivity contribution in [1.82, 2.24) is 4.98 Å². The zero-order valence-corrected chi connectivity index (χ0v) is 19.1. The number of carbonyl (C=O) groups is 1. The molecule has 0 saturated heterocycles. The van der Waals surface area contributed by atoms with Crippen LogP contribution in [-0.2, 0) is 0 Å². The Morgan fingerprint density at radius 2 is 1.97 bits per heavy atom. The van der Waals surface area contributed by atoms with Crippen molar-refractivity contribution in [3.63, 3.8) is 0 Å². The number of benzene rings is 2. The van der Waals surface area contributed by atoms with Gasteiger partial charge in [-0.1, -0.05) is 24.8 Å². The van der Waals surface area contributed by atoms with Gasteiger partial charge in [0.1, 0.15) is 23.8 Å². The van der Waals surface area contributed by atoms with Gasteiger partial charge in [-0.3, -0.25) is 14.5 Å². The zero-order chi connectivity index (χ0) is 24.7. The number of nitrogens with zero attached hydrogens (tertiary/aromatic N) is 2. The minimum Gasteiger partial charge on any atom is -0.493 e. The normalized spacial score (nSPS) is 14.8. The number of hydrogen-bond acceptors (Lipinski definition) is 6. The lowest BCUT2D eigenvalue weighted by atomic mass is 9.98. The number of methoxy groups -OCH3 is 1. The van der Waals surface area contributed by atoms with Gasteiger partial charge < -0.3 is 13.9 Å². The number of aryl methyl sites for hydroxylation is 1. The summed E-state index contributed by atoms with van der Waals surface area (Å²) in [6.07, 6.45) is 3.25. The molecule has 176 valence electrons. The SMILES string of the molecule is C=CCOc1ccc(C2c3c(oc4ccc(F)cc4c3=O)C(=O)N2c2ccc(C)cn2)cc1OC. The fourth-order valence-electron chi connectivity index (χ4n) is 4.22. The van der Waals surface area contributed by atoms with Gasteiger partial charge in [0.2, 0.25) is 5.76 Å².